The van der Waals surface area contributed by atoms with Crippen molar-refractivity contribution in [2.45, 2.75) is 0 Å². The van der Waals surface area contributed by atoms with E-state index in [1.54, 1.807) is 24.3 Å². The fraction of sp³-hybridized carbons (Fsp3) is 0. The number of hydrogen-bond donors (Lipinski definition) is 0. The number of nitrogens with zero attached hydrogens (tertiary/aromatic N) is 2. The van der Waals surface area contributed by atoms with Crippen LogP contribution in [0.2, 0.25) is 5.02 Å². The zero-order valence-corrected chi connectivity index (χ0v) is 8.20. The van der Waals surface area contributed by atoms with Gasteiger partial charge in [-0.2, -0.15) is 9.37 Å². The molecule has 1 radical (unpaired) electrons. The third kappa shape index (κ3) is 2.22. The Labute approximate surface area is 90.5 Å². The summed E-state index contributed by atoms with van der Waals surface area (Å²) in [5.41, 5.74) is 0. The second-order valence-corrected chi connectivity index (χ2v) is 3.04. The van der Waals surface area contributed by atoms with E-state index in [1.165, 1.54) is 0 Å². The Balaban J connectivity index is 2.30. The highest BCUT2D eigenvalue weighted by Crippen LogP contribution is 2.28. The Bertz CT molecular complexity index is 435. The second kappa shape index (κ2) is 4.23. The van der Waals surface area contributed by atoms with Gasteiger partial charge in [-0.05, 0) is 12.1 Å². The highest BCUT2D eigenvalue weighted by Gasteiger charge is 2.08. The molecule has 0 atom stereocenters. The van der Waals surface area contributed by atoms with Crippen LogP contribution in [0.25, 0.3) is 0 Å². The van der Waals surface area contributed by atoms with E-state index in [0.29, 0.717) is 10.8 Å². The number of benzene rings is 1. The van der Waals surface area contributed by atoms with E-state index in [-0.39, 0.29) is 5.88 Å². The quantitative estimate of drug-likeness (QED) is 0.785. The maximum absolute atomic E-state index is 13.1. The molecule has 0 aliphatic heterocycles. The van der Waals surface area contributed by atoms with Crippen LogP contribution in [0.3, 0.4) is 0 Å². The lowest BCUT2D eigenvalue weighted by Gasteiger charge is -2.05. The molecule has 0 bridgehead atoms. The zero-order valence-electron chi connectivity index (χ0n) is 7.45. The average molecular weight is 224 g/mol. The molecule has 0 N–H and O–H groups in total. The first kappa shape index (κ1) is 9.86. The summed E-state index contributed by atoms with van der Waals surface area (Å²) in [5.74, 6) is -0.610. The van der Waals surface area contributed by atoms with E-state index >= 15 is 0 Å². The van der Waals surface area contributed by atoms with Gasteiger partial charge in [0.15, 0.2) is 0 Å². The summed E-state index contributed by atoms with van der Waals surface area (Å²) < 4.78 is 18.2. The topological polar surface area (TPSA) is 35.0 Å². The van der Waals surface area contributed by atoms with E-state index < -0.39 is 5.82 Å². The van der Waals surface area contributed by atoms with Crippen LogP contribution >= 0.6 is 11.6 Å². The Morgan fingerprint density at radius 3 is 2.87 bits per heavy atom. The summed E-state index contributed by atoms with van der Waals surface area (Å²) in [4.78, 5) is 7.00. The second-order valence-electron chi connectivity index (χ2n) is 2.64. The fourth-order valence-electron chi connectivity index (χ4n) is 0.974. The Kier molecular flexibility index (Phi) is 2.78. The van der Waals surface area contributed by atoms with Gasteiger partial charge in [-0.25, -0.2) is 4.98 Å². The van der Waals surface area contributed by atoms with Crippen molar-refractivity contribution in [2.24, 2.45) is 0 Å². The number of aromatic nitrogens is 2. The van der Waals surface area contributed by atoms with E-state index in [4.69, 9.17) is 16.3 Å². The number of ether oxygens (including phenoxy) is 1. The predicted octanol–water partition coefficient (Wildman–Crippen LogP) is 2.86. The van der Waals surface area contributed by atoms with Crippen LogP contribution in [-0.2, 0) is 0 Å². The van der Waals surface area contributed by atoms with Crippen LogP contribution in [0, 0.1) is 12.0 Å². The van der Waals surface area contributed by atoms with Gasteiger partial charge < -0.3 is 4.74 Å². The van der Waals surface area contributed by atoms with Crippen molar-refractivity contribution < 1.29 is 9.13 Å². The van der Waals surface area contributed by atoms with Crippen molar-refractivity contribution in [2.75, 3.05) is 0 Å². The number of hydrogen-bond acceptors (Lipinski definition) is 3. The minimum atomic E-state index is -0.752. The molecule has 0 fully saturated rings. The third-order valence-corrected chi connectivity index (χ3v) is 1.94. The summed E-state index contributed by atoms with van der Waals surface area (Å²) in [6.07, 6.45) is 3.24. The largest absolute Gasteiger partial charge is 0.435 e. The molecule has 0 aliphatic rings. The molecule has 2 aromatic rings. The van der Waals surface area contributed by atoms with E-state index in [1.807, 2.05) is 0 Å². The van der Waals surface area contributed by atoms with Crippen molar-refractivity contribution in [3.63, 3.8) is 0 Å². The van der Waals surface area contributed by atoms with Gasteiger partial charge in [0.2, 0.25) is 5.82 Å². The molecular weight excluding hydrogens is 219 g/mol. The maximum Gasteiger partial charge on any atom is 0.259 e. The first-order valence-electron chi connectivity index (χ1n) is 4.08. The summed E-state index contributed by atoms with van der Waals surface area (Å²) >= 11 is 5.83. The molecule has 1 aromatic heterocycles. The van der Waals surface area contributed by atoms with Crippen LogP contribution in [0.1, 0.15) is 0 Å². The molecule has 0 unspecified atom stereocenters. The number of para-hydroxylation sites is 1. The fourth-order valence-corrected chi connectivity index (χ4v) is 1.15. The maximum atomic E-state index is 13.1. The van der Waals surface area contributed by atoms with Crippen molar-refractivity contribution in [1.82, 2.24) is 9.97 Å². The van der Waals surface area contributed by atoms with Crippen molar-refractivity contribution >= 4 is 11.6 Å². The van der Waals surface area contributed by atoms with Crippen molar-refractivity contribution in [3.05, 3.63) is 47.6 Å². The van der Waals surface area contributed by atoms with Gasteiger partial charge in [0.25, 0.3) is 5.88 Å². The molecule has 1 aromatic carbocycles. The molecule has 0 spiro atoms. The predicted molar refractivity (Wildman–Crippen MR) is 52.4 cm³/mol. The number of rotatable bonds is 2. The first-order chi connectivity index (χ1) is 7.27. The van der Waals surface area contributed by atoms with Crippen LogP contribution in [0.5, 0.6) is 11.6 Å². The minimum absolute atomic E-state index is 0.196. The summed E-state index contributed by atoms with van der Waals surface area (Å²) in [7, 11) is 0. The van der Waals surface area contributed by atoms with Crippen molar-refractivity contribution in [3.8, 4) is 11.6 Å². The molecule has 2 rings (SSSR count). The lowest BCUT2D eigenvalue weighted by molar-refractivity contribution is 0.419. The monoisotopic (exact) mass is 223 g/mol. The molecule has 0 amide bonds. The standard InChI is InChI=1S/C10H5ClFN2O/c11-7-3-1-2-4-9(7)15-10-8(12)5-13-6-14-10/h1-4,6H. The third-order valence-electron chi connectivity index (χ3n) is 1.63. The molecule has 0 saturated carbocycles. The zero-order chi connectivity index (χ0) is 10.7. The van der Waals surface area contributed by atoms with Crippen LogP contribution in [-0.4, -0.2) is 9.97 Å². The lowest BCUT2D eigenvalue weighted by Crippen LogP contribution is -1.93. The SMILES string of the molecule is Fc1[c]ncnc1Oc1ccccc1Cl. The lowest BCUT2D eigenvalue weighted by atomic mass is 10.3. The van der Waals surface area contributed by atoms with Gasteiger partial charge >= 0.3 is 0 Å². The van der Waals surface area contributed by atoms with E-state index in [9.17, 15) is 4.39 Å². The highest BCUT2D eigenvalue weighted by atomic mass is 35.5. The van der Waals surface area contributed by atoms with Gasteiger partial charge in [-0.1, -0.05) is 23.7 Å². The molecule has 15 heavy (non-hydrogen) atoms. The Morgan fingerprint density at radius 2 is 2.13 bits per heavy atom. The Hall–Kier alpha value is -1.68. The Morgan fingerprint density at radius 1 is 1.33 bits per heavy atom. The van der Waals surface area contributed by atoms with Gasteiger partial charge in [0, 0.05) is 0 Å². The molecule has 0 saturated heterocycles. The smallest absolute Gasteiger partial charge is 0.259 e. The molecule has 1 heterocycles. The van der Waals surface area contributed by atoms with Crippen molar-refractivity contribution in [1.29, 1.82) is 0 Å². The molecule has 75 valence electrons. The normalized spacial score (nSPS) is 10.0. The molecule has 5 heteroatoms. The highest BCUT2D eigenvalue weighted by molar-refractivity contribution is 6.32. The van der Waals surface area contributed by atoms with Crippen LogP contribution in [0.15, 0.2) is 30.6 Å². The average Bonchev–Trinajstić information content (AvgIpc) is 2.24. The molecule has 0 aliphatic carbocycles. The van der Waals surface area contributed by atoms with Crippen LogP contribution < -0.4 is 4.74 Å². The van der Waals surface area contributed by atoms with E-state index in [2.05, 4.69) is 16.2 Å². The van der Waals surface area contributed by atoms with Gasteiger partial charge in [0.1, 0.15) is 18.3 Å². The molecule has 3 nitrogen and oxygen atoms in total. The van der Waals surface area contributed by atoms with Gasteiger partial charge in [-0.15, -0.1) is 0 Å². The first-order valence-corrected chi connectivity index (χ1v) is 4.46. The summed E-state index contributed by atoms with van der Waals surface area (Å²) in [6, 6.07) is 6.73. The summed E-state index contributed by atoms with van der Waals surface area (Å²) in [6.45, 7) is 0. The van der Waals surface area contributed by atoms with Crippen LogP contribution in [0.4, 0.5) is 4.39 Å². The summed E-state index contributed by atoms with van der Waals surface area (Å²) in [5, 5.41) is 0.385. The van der Waals surface area contributed by atoms with E-state index in [0.717, 1.165) is 6.33 Å². The molecular formula is C10H5ClFN2O. The van der Waals surface area contributed by atoms with Gasteiger partial charge in [0.05, 0.1) is 5.02 Å². The minimum Gasteiger partial charge on any atom is -0.435 e. The number of halogens is 2. The van der Waals surface area contributed by atoms with Gasteiger partial charge in [-0.3, -0.25) is 0 Å².